The fourth-order valence-electron chi connectivity index (χ4n) is 1.29. The second-order valence-electron chi connectivity index (χ2n) is 3.71. The van der Waals surface area contributed by atoms with Crippen LogP contribution in [0.15, 0.2) is 22.4 Å². The summed E-state index contributed by atoms with van der Waals surface area (Å²) in [4.78, 5) is 8.07. The van der Waals surface area contributed by atoms with Gasteiger partial charge in [0.1, 0.15) is 5.69 Å². The molecule has 16 heavy (non-hydrogen) atoms. The highest BCUT2D eigenvalue weighted by atomic mass is 16.5. The third kappa shape index (κ3) is 2.59. The van der Waals surface area contributed by atoms with E-state index in [0.29, 0.717) is 11.9 Å². The number of aliphatic imine (C=N–C) groups is 2. The van der Waals surface area contributed by atoms with Crippen LogP contribution >= 0.6 is 0 Å². The number of guanidine groups is 1. The van der Waals surface area contributed by atoms with E-state index in [1.807, 2.05) is 10.9 Å². The lowest BCUT2D eigenvalue weighted by molar-refractivity contribution is 0.401. The fraction of sp³-hybridized carbons (Fsp3) is 0.500. The van der Waals surface area contributed by atoms with Gasteiger partial charge in [-0.15, -0.1) is 0 Å². The first-order chi connectivity index (χ1) is 7.69. The highest BCUT2D eigenvalue weighted by Crippen LogP contribution is 2.34. The summed E-state index contributed by atoms with van der Waals surface area (Å²) in [6.07, 6.45) is 5.95. The molecule has 86 valence electrons. The van der Waals surface area contributed by atoms with Crippen LogP contribution in [0.1, 0.15) is 25.8 Å². The summed E-state index contributed by atoms with van der Waals surface area (Å²) in [5, 5.41) is 4.20. The Morgan fingerprint density at radius 3 is 3.00 bits per heavy atom. The van der Waals surface area contributed by atoms with Gasteiger partial charge in [-0.2, -0.15) is 10.1 Å². The summed E-state index contributed by atoms with van der Waals surface area (Å²) in [6, 6.07) is 0.550. The Hall–Kier alpha value is -1.85. The zero-order valence-electron chi connectivity index (χ0n) is 9.42. The lowest BCUT2D eigenvalue weighted by Gasteiger charge is -1.96. The van der Waals surface area contributed by atoms with Gasteiger partial charge in [0, 0.05) is 6.92 Å². The molecule has 1 saturated carbocycles. The maximum absolute atomic E-state index is 5.63. The van der Waals surface area contributed by atoms with Gasteiger partial charge in [-0.3, -0.25) is 4.68 Å². The molecular weight excluding hydrogens is 206 g/mol. The van der Waals surface area contributed by atoms with E-state index in [0.717, 1.165) is 5.69 Å². The van der Waals surface area contributed by atoms with E-state index in [-0.39, 0.29) is 5.96 Å². The normalized spacial score (nSPS) is 17.6. The highest BCUT2D eigenvalue weighted by molar-refractivity contribution is 5.92. The van der Waals surface area contributed by atoms with Crippen LogP contribution in [0.2, 0.25) is 0 Å². The first-order valence-electron chi connectivity index (χ1n) is 5.16. The van der Waals surface area contributed by atoms with Crippen LogP contribution in [0.5, 0.6) is 0 Å². The molecule has 2 rings (SSSR count). The molecule has 0 saturated heterocycles. The number of nitrogens with zero attached hydrogens (tertiary/aromatic N) is 4. The fourth-order valence-corrected chi connectivity index (χ4v) is 1.29. The Morgan fingerprint density at radius 2 is 2.38 bits per heavy atom. The number of nitrogens with two attached hydrogens (primary N) is 1. The molecule has 2 N–H and O–H groups in total. The Kier molecular flexibility index (Phi) is 2.89. The second kappa shape index (κ2) is 4.34. The number of methoxy groups -OCH3 is 1. The van der Waals surface area contributed by atoms with E-state index < -0.39 is 0 Å². The molecule has 0 spiro atoms. The van der Waals surface area contributed by atoms with Crippen molar-refractivity contribution in [2.75, 3.05) is 7.11 Å². The van der Waals surface area contributed by atoms with Crippen molar-refractivity contribution in [1.82, 2.24) is 9.78 Å². The zero-order valence-corrected chi connectivity index (χ0v) is 9.42. The average Bonchev–Trinajstić information content (AvgIpc) is 3.00. The molecule has 0 bridgehead atoms. The monoisotopic (exact) mass is 221 g/mol. The minimum absolute atomic E-state index is 0.176. The first kappa shape index (κ1) is 10.7. The van der Waals surface area contributed by atoms with E-state index >= 15 is 0 Å². The average molecular weight is 221 g/mol. The van der Waals surface area contributed by atoms with E-state index in [9.17, 15) is 0 Å². The molecule has 0 amide bonds. The van der Waals surface area contributed by atoms with Crippen molar-refractivity contribution >= 4 is 17.5 Å². The predicted molar refractivity (Wildman–Crippen MR) is 61.9 cm³/mol. The molecule has 1 aliphatic carbocycles. The molecule has 6 heteroatoms. The van der Waals surface area contributed by atoms with Gasteiger partial charge in [0.15, 0.2) is 5.90 Å². The van der Waals surface area contributed by atoms with Crippen molar-refractivity contribution in [3.8, 4) is 0 Å². The molecule has 1 aromatic rings. The lowest BCUT2D eigenvalue weighted by atomic mass is 10.6. The van der Waals surface area contributed by atoms with Crippen LogP contribution in [-0.4, -0.2) is 28.7 Å². The Labute approximate surface area is 93.8 Å². The molecule has 0 radical (unpaired) electrons. The quantitative estimate of drug-likeness (QED) is 0.602. The number of hydrogen-bond acceptors (Lipinski definition) is 3. The molecule has 1 aliphatic rings. The molecule has 0 atom stereocenters. The van der Waals surface area contributed by atoms with Crippen molar-refractivity contribution in [1.29, 1.82) is 0 Å². The van der Waals surface area contributed by atoms with Crippen LogP contribution in [-0.2, 0) is 4.74 Å². The predicted octanol–water partition coefficient (Wildman–Crippen LogP) is 1.23. The summed E-state index contributed by atoms with van der Waals surface area (Å²) in [7, 11) is 1.54. The van der Waals surface area contributed by atoms with Crippen LogP contribution in [0.25, 0.3) is 0 Å². The number of aromatic nitrogens is 2. The SMILES string of the molecule is COC(C)=NC(N)=Nc1cnn(C2CC2)c1. The molecule has 1 aromatic heterocycles. The Morgan fingerprint density at radius 1 is 1.62 bits per heavy atom. The number of ether oxygens (including phenoxy) is 1. The maximum atomic E-state index is 5.63. The molecule has 1 fully saturated rings. The Bertz CT molecular complexity index is 430. The summed E-state index contributed by atoms with van der Waals surface area (Å²) in [5.41, 5.74) is 6.35. The van der Waals surface area contributed by atoms with Gasteiger partial charge >= 0.3 is 0 Å². The van der Waals surface area contributed by atoms with Crippen molar-refractivity contribution in [3.05, 3.63) is 12.4 Å². The van der Waals surface area contributed by atoms with Crippen LogP contribution in [0.3, 0.4) is 0 Å². The molecule has 0 aliphatic heterocycles. The van der Waals surface area contributed by atoms with Gasteiger partial charge in [0.25, 0.3) is 0 Å². The topological polar surface area (TPSA) is 77.8 Å². The van der Waals surface area contributed by atoms with Gasteiger partial charge in [0.2, 0.25) is 5.96 Å². The van der Waals surface area contributed by atoms with Crippen LogP contribution < -0.4 is 5.73 Å². The van der Waals surface area contributed by atoms with Crippen LogP contribution in [0, 0.1) is 0 Å². The number of rotatable bonds is 2. The van der Waals surface area contributed by atoms with Gasteiger partial charge in [0.05, 0.1) is 25.5 Å². The minimum Gasteiger partial charge on any atom is -0.484 e. The third-order valence-electron chi connectivity index (χ3n) is 2.32. The third-order valence-corrected chi connectivity index (χ3v) is 2.32. The summed E-state index contributed by atoms with van der Waals surface area (Å²) in [6.45, 7) is 1.72. The van der Waals surface area contributed by atoms with Gasteiger partial charge < -0.3 is 10.5 Å². The van der Waals surface area contributed by atoms with Crippen LogP contribution in [0.4, 0.5) is 5.69 Å². The summed E-state index contributed by atoms with van der Waals surface area (Å²) >= 11 is 0. The van der Waals surface area contributed by atoms with E-state index in [2.05, 4.69) is 15.1 Å². The maximum Gasteiger partial charge on any atom is 0.223 e. The Balaban J connectivity index is 2.08. The zero-order chi connectivity index (χ0) is 11.5. The highest BCUT2D eigenvalue weighted by Gasteiger charge is 2.24. The van der Waals surface area contributed by atoms with E-state index in [1.165, 1.54) is 20.0 Å². The summed E-state index contributed by atoms with van der Waals surface area (Å²) in [5.74, 6) is 0.658. The van der Waals surface area contributed by atoms with Crippen molar-refractivity contribution in [2.24, 2.45) is 15.7 Å². The van der Waals surface area contributed by atoms with Crippen molar-refractivity contribution in [3.63, 3.8) is 0 Å². The van der Waals surface area contributed by atoms with E-state index in [4.69, 9.17) is 10.5 Å². The van der Waals surface area contributed by atoms with Gasteiger partial charge in [-0.1, -0.05) is 0 Å². The number of hydrogen-bond donors (Lipinski definition) is 1. The largest absolute Gasteiger partial charge is 0.484 e. The van der Waals surface area contributed by atoms with Crippen molar-refractivity contribution < 1.29 is 4.74 Å². The molecule has 0 aromatic carbocycles. The van der Waals surface area contributed by atoms with Crippen molar-refractivity contribution in [2.45, 2.75) is 25.8 Å². The van der Waals surface area contributed by atoms with Gasteiger partial charge in [-0.05, 0) is 12.8 Å². The van der Waals surface area contributed by atoms with E-state index in [1.54, 1.807) is 13.1 Å². The molecule has 0 unspecified atom stereocenters. The molecule has 6 nitrogen and oxygen atoms in total. The van der Waals surface area contributed by atoms with Gasteiger partial charge in [-0.25, -0.2) is 4.99 Å². The summed E-state index contributed by atoms with van der Waals surface area (Å²) < 4.78 is 6.80. The second-order valence-corrected chi connectivity index (χ2v) is 3.71. The molecule has 1 heterocycles. The standard InChI is InChI=1S/C10H15N5O/c1-7(16-2)13-10(11)14-8-5-12-15(6-8)9-3-4-9/h5-6,9H,3-4H2,1-2H3,(H2,11,14). The minimum atomic E-state index is 0.176. The lowest BCUT2D eigenvalue weighted by Crippen LogP contribution is -2.11. The smallest absolute Gasteiger partial charge is 0.223 e. The first-order valence-corrected chi connectivity index (χ1v) is 5.16. The molecular formula is C10H15N5O.